The van der Waals surface area contributed by atoms with Crippen LogP contribution in [0.5, 0.6) is 0 Å². The number of ether oxygens (including phenoxy) is 1. The highest BCUT2D eigenvalue weighted by atomic mass is 16.5. The van der Waals surface area contributed by atoms with Gasteiger partial charge in [-0.05, 0) is 35.4 Å². The van der Waals surface area contributed by atoms with Gasteiger partial charge in [0.25, 0.3) is 5.91 Å². The van der Waals surface area contributed by atoms with Crippen LogP contribution in [-0.2, 0) is 9.53 Å². The summed E-state index contributed by atoms with van der Waals surface area (Å²) in [5.41, 5.74) is 1.93. The Labute approximate surface area is 139 Å². The first-order valence-electron chi connectivity index (χ1n) is 7.61. The molecule has 0 saturated heterocycles. The fourth-order valence-corrected chi connectivity index (χ4v) is 2.69. The average Bonchev–Trinajstić information content (AvgIpc) is 3.04. The van der Waals surface area contributed by atoms with Crippen molar-refractivity contribution < 1.29 is 14.3 Å². The van der Waals surface area contributed by atoms with E-state index in [1.807, 2.05) is 42.5 Å². The number of aromatic nitrogens is 1. The molecule has 5 nitrogen and oxygen atoms in total. The predicted molar refractivity (Wildman–Crippen MR) is 91.7 cm³/mol. The second kappa shape index (κ2) is 6.58. The van der Waals surface area contributed by atoms with Gasteiger partial charge in [0.1, 0.15) is 0 Å². The standard InChI is InChI=1S/C19H18N2O3/c1-12-16(9-10-20-12)18(22)21-17(19(23)24-2)15-8-7-13-5-3-4-6-14(13)11-15/h3-11,17,20H,1-2H3,(H,21,22)/t17-/m0/s1. The molecule has 2 aromatic carbocycles. The maximum atomic E-state index is 12.5. The number of rotatable bonds is 4. The van der Waals surface area contributed by atoms with Crippen LogP contribution < -0.4 is 5.32 Å². The molecule has 1 atom stereocenters. The molecule has 0 bridgehead atoms. The molecule has 1 aromatic heterocycles. The molecular weight excluding hydrogens is 304 g/mol. The number of esters is 1. The molecule has 0 spiro atoms. The van der Waals surface area contributed by atoms with E-state index in [1.165, 1.54) is 7.11 Å². The monoisotopic (exact) mass is 322 g/mol. The highest BCUT2D eigenvalue weighted by Crippen LogP contribution is 2.22. The van der Waals surface area contributed by atoms with E-state index in [0.717, 1.165) is 16.5 Å². The van der Waals surface area contributed by atoms with E-state index in [9.17, 15) is 9.59 Å². The number of fused-ring (bicyclic) bond motifs is 1. The van der Waals surface area contributed by atoms with Gasteiger partial charge >= 0.3 is 5.97 Å². The Bertz CT molecular complexity index is 898. The van der Waals surface area contributed by atoms with Gasteiger partial charge < -0.3 is 15.0 Å². The first kappa shape index (κ1) is 15.8. The number of aromatic amines is 1. The smallest absolute Gasteiger partial charge is 0.333 e. The van der Waals surface area contributed by atoms with Crippen LogP contribution in [0.1, 0.15) is 27.7 Å². The molecule has 24 heavy (non-hydrogen) atoms. The molecule has 0 aliphatic heterocycles. The lowest BCUT2D eigenvalue weighted by Crippen LogP contribution is -2.34. The highest BCUT2D eigenvalue weighted by Gasteiger charge is 2.25. The number of aryl methyl sites for hydroxylation is 1. The van der Waals surface area contributed by atoms with Crippen molar-refractivity contribution in [3.05, 3.63) is 71.5 Å². The summed E-state index contributed by atoms with van der Waals surface area (Å²) in [7, 11) is 1.31. The molecule has 122 valence electrons. The Morgan fingerprint density at radius 2 is 1.83 bits per heavy atom. The minimum atomic E-state index is -0.860. The van der Waals surface area contributed by atoms with Gasteiger partial charge in [0.05, 0.1) is 12.7 Å². The fourth-order valence-electron chi connectivity index (χ4n) is 2.69. The average molecular weight is 322 g/mol. The molecule has 0 fully saturated rings. The van der Waals surface area contributed by atoms with Crippen LogP contribution >= 0.6 is 0 Å². The van der Waals surface area contributed by atoms with Crippen LogP contribution in [0, 0.1) is 6.92 Å². The summed E-state index contributed by atoms with van der Waals surface area (Å²) in [4.78, 5) is 27.6. The van der Waals surface area contributed by atoms with Crippen LogP contribution in [0.2, 0.25) is 0 Å². The molecule has 2 N–H and O–H groups in total. The lowest BCUT2D eigenvalue weighted by molar-refractivity contribution is -0.143. The molecule has 1 heterocycles. The summed E-state index contributed by atoms with van der Waals surface area (Å²) in [6.45, 7) is 1.80. The molecule has 0 aliphatic carbocycles. The van der Waals surface area contributed by atoms with Crippen molar-refractivity contribution in [2.75, 3.05) is 7.11 Å². The van der Waals surface area contributed by atoms with E-state index >= 15 is 0 Å². The van der Waals surface area contributed by atoms with Crippen molar-refractivity contribution in [1.82, 2.24) is 10.3 Å². The Kier molecular flexibility index (Phi) is 4.33. The zero-order valence-corrected chi connectivity index (χ0v) is 13.5. The third kappa shape index (κ3) is 3.01. The number of benzene rings is 2. The minimum Gasteiger partial charge on any atom is -0.467 e. The van der Waals surface area contributed by atoms with E-state index in [0.29, 0.717) is 11.1 Å². The number of amides is 1. The summed E-state index contributed by atoms with van der Waals surface area (Å²) in [5, 5.41) is 4.82. The van der Waals surface area contributed by atoms with Crippen LogP contribution in [0.25, 0.3) is 10.8 Å². The van der Waals surface area contributed by atoms with Crippen molar-refractivity contribution in [2.24, 2.45) is 0 Å². The molecule has 5 heteroatoms. The second-order valence-electron chi connectivity index (χ2n) is 5.55. The summed E-state index contributed by atoms with van der Waals surface area (Å²) in [6, 6.07) is 14.3. The van der Waals surface area contributed by atoms with Gasteiger partial charge in [0.15, 0.2) is 6.04 Å². The van der Waals surface area contributed by atoms with Gasteiger partial charge in [-0.1, -0.05) is 36.4 Å². The Balaban J connectivity index is 1.95. The highest BCUT2D eigenvalue weighted by molar-refractivity contribution is 5.98. The zero-order valence-electron chi connectivity index (χ0n) is 13.5. The molecule has 0 saturated carbocycles. The molecule has 0 radical (unpaired) electrons. The van der Waals surface area contributed by atoms with Gasteiger partial charge in [-0.15, -0.1) is 0 Å². The van der Waals surface area contributed by atoms with Crippen molar-refractivity contribution >= 4 is 22.6 Å². The van der Waals surface area contributed by atoms with E-state index in [4.69, 9.17) is 4.74 Å². The van der Waals surface area contributed by atoms with Crippen molar-refractivity contribution in [2.45, 2.75) is 13.0 Å². The predicted octanol–water partition coefficient (Wildman–Crippen LogP) is 3.12. The number of carbonyl (C=O) groups excluding carboxylic acids is 2. The van der Waals surface area contributed by atoms with Gasteiger partial charge in [-0.2, -0.15) is 0 Å². The van der Waals surface area contributed by atoms with E-state index in [1.54, 1.807) is 19.2 Å². The van der Waals surface area contributed by atoms with Gasteiger partial charge in [0.2, 0.25) is 0 Å². The molecular formula is C19H18N2O3. The maximum absolute atomic E-state index is 12.5. The van der Waals surface area contributed by atoms with Crippen molar-refractivity contribution in [3.63, 3.8) is 0 Å². The molecule has 3 aromatic rings. The largest absolute Gasteiger partial charge is 0.467 e. The van der Waals surface area contributed by atoms with Crippen LogP contribution in [-0.4, -0.2) is 24.0 Å². The number of hydrogen-bond donors (Lipinski definition) is 2. The summed E-state index contributed by atoms with van der Waals surface area (Å²) in [5.74, 6) is -0.830. The van der Waals surface area contributed by atoms with E-state index < -0.39 is 12.0 Å². The van der Waals surface area contributed by atoms with Crippen LogP contribution in [0.15, 0.2) is 54.7 Å². The van der Waals surface area contributed by atoms with Crippen LogP contribution in [0.3, 0.4) is 0 Å². The first-order valence-corrected chi connectivity index (χ1v) is 7.61. The number of nitrogens with one attached hydrogen (secondary N) is 2. The number of hydrogen-bond acceptors (Lipinski definition) is 3. The lowest BCUT2D eigenvalue weighted by Gasteiger charge is -2.17. The van der Waals surface area contributed by atoms with E-state index in [-0.39, 0.29) is 5.91 Å². The van der Waals surface area contributed by atoms with Gasteiger partial charge in [0, 0.05) is 11.9 Å². The summed E-state index contributed by atoms with van der Waals surface area (Å²) in [6.07, 6.45) is 1.69. The van der Waals surface area contributed by atoms with Gasteiger partial charge in [-0.3, -0.25) is 4.79 Å². The molecule has 1 amide bonds. The Hall–Kier alpha value is -3.08. The first-order chi connectivity index (χ1) is 11.6. The maximum Gasteiger partial charge on any atom is 0.333 e. The number of methoxy groups -OCH3 is 1. The summed E-state index contributed by atoms with van der Waals surface area (Å²) < 4.78 is 4.87. The lowest BCUT2D eigenvalue weighted by atomic mass is 10.0. The molecule has 3 rings (SSSR count). The number of carbonyl (C=O) groups is 2. The Morgan fingerprint density at radius 1 is 1.08 bits per heavy atom. The van der Waals surface area contributed by atoms with E-state index in [2.05, 4.69) is 10.3 Å². The number of H-pyrrole nitrogens is 1. The minimum absolute atomic E-state index is 0.322. The second-order valence-corrected chi connectivity index (χ2v) is 5.55. The zero-order chi connectivity index (χ0) is 17.1. The fraction of sp³-hybridized carbons (Fsp3) is 0.158. The van der Waals surface area contributed by atoms with Crippen LogP contribution in [0.4, 0.5) is 0 Å². The van der Waals surface area contributed by atoms with Crippen molar-refractivity contribution in [3.8, 4) is 0 Å². The topological polar surface area (TPSA) is 71.2 Å². The normalized spacial score (nSPS) is 11.9. The third-order valence-corrected chi connectivity index (χ3v) is 4.02. The van der Waals surface area contributed by atoms with Gasteiger partial charge in [-0.25, -0.2) is 4.79 Å². The molecule has 0 aliphatic rings. The third-order valence-electron chi connectivity index (χ3n) is 4.02. The Morgan fingerprint density at radius 3 is 2.50 bits per heavy atom. The SMILES string of the molecule is COC(=O)[C@@H](NC(=O)c1cc[nH]c1C)c1ccc2ccccc2c1. The quantitative estimate of drug-likeness (QED) is 0.725. The van der Waals surface area contributed by atoms with Crippen molar-refractivity contribution in [1.29, 1.82) is 0 Å². The summed E-state index contributed by atoms with van der Waals surface area (Å²) >= 11 is 0. The molecule has 0 unspecified atom stereocenters.